The Bertz CT molecular complexity index is 444. The summed E-state index contributed by atoms with van der Waals surface area (Å²) in [7, 11) is 0. The Labute approximate surface area is 123 Å². The minimum atomic E-state index is -0.867. The largest absolute Gasteiger partial charge is 0.480 e. The van der Waals surface area contributed by atoms with Crippen LogP contribution >= 0.6 is 11.3 Å². The summed E-state index contributed by atoms with van der Waals surface area (Å²) in [4.78, 5) is 26.0. The Balaban J connectivity index is 1.63. The van der Waals surface area contributed by atoms with E-state index in [1.54, 1.807) is 16.2 Å². The van der Waals surface area contributed by atoms with Gasteiger partial charge in [0, 0.05) is 17.8 Å². The normalized spacial score (nSPS) is 18.4. The number of nitrogens with zero attached hydrogens (tertiary/aromatic N) is 1. The number of amides is 1. The maximum atomic E-state index is 12.0. The minimum Gasteiger partial charge on any atom is -0.480 e. The molecule has 1 aliphatic heterocycles. The first-order valence-electron chi connectivity index (χ1n) is 7.23. The molecule has 4 nitrogen and oxygen atoms in total. The van der Waals surface area contributed by atoms with Gasteiger partial charge in [0.05, 0.1) is 0 Å². The molecule has 1 fully saturated rings. The third-order valence-electron chi connectivity index (χ3n) is 3.75. The van der Waals surface area contributed by atoms with E-state index in [4.69, 9.17) is 5.11 Å². The van der Waals surface area contributed by atoms with Gasteiger partial charge < -0.3 is 10.0 Å². The number of carbonyl (C=O) groups excluding carboxylic acids is 1. The zero-order valence-corrected chi connectivity index (χ0v) is 12.4. The predicted octanol–water partition coefficient (Wildman–Crippen LogP) is 2.93. The van der Waals surface area contributed by atoms with Crippen LogP contribution in [0, 0.1) is 0 Å². The second-order valence-corrected chi connectivity index (χ2v) is 6.26. The van der Waals surface area contributed by atoms with E-state index in [1.165, 1.54) is 4.88 Å². The molecule has 0 saturated carbocycles. The summed E-state index contributed by atoms with van der Waals surface area (Å²) < 4.78 is 0. The topological polar surface area (TPSA) is 57.6 Å². The molecular weight excluding hydrogens is 274 g/mol. The number of carbonyl (C=O) groups is 2. The van der Waals surface area contributed by atoms with E-state index < -0.39 is 12.0 Å². The van der Waals surface area contributed by atoms with Crippen LogP contribution < -0.4 is 0 Å². The summed E-state index contributed by atoms with van der Waals surface area (Å²) >= 11 is 1.77. The van der Waals surface area contributed by atoms with E-state index in [-0.39, 0.29) is 5.91 Å². The molecular formula is C15H21NO3S. The molecule has 5 heteroatoms. The van der Waals surface area contributed by atoms with Gasteiger partial charge in [-0.25, -0.2) is 4.79 Å². The molecule has 20 heavy (non-hydrogen) atoms. The molecule has 0 aromatic carbocycles. The molecule has 0 spiro atoms. The fraction of sp³-hybridized carbons (Fsp3) is 0.600. The lowest BCUT2D eigenvalue weighted by atomic mass is 10.1. The van der Waals surface area contributed by atoms with Crippen molar-refractivity contribution in [1.29, 1.82) is 0 Å². The Kier molecular flexibility index (Phi) is 5.59. The Morgan fingerprint density at radius 3 is 2.90 bits per heavy atom. The number of unbranched alkanes of at least 4 members (excludes halogenated alkanes) is 2. The van der Waals surface area contributed by atoms with Gasteiger partial charge >= 0.3 is 5.97 Å². The predicted molar refractivity (Wildman–Crippen MR) is 78.9 cm³/mol. The van der Waals surface area contributed by atoms with Crippen molar-refractivity contribution in [3.63, 3.8) is 0 Å². The van der Waals surface area contributed by atoms with Crippen molar-refractivity contribution in [1.82, 2.24) is 4.90 Å². The van der Waals surface area contributed by atoms with Gasteiger partial charge in [-0.3, -0.25) is 4.79 Å². The number of likely N-dealkylation sites (tertiary alicyclic amines) is 1. The SMILES string of the molecule is O=C(O)[C@@H]1CCCN1C(=O)CCCCCc1cccs1. The molecule has 0 radical (unpaired) electrons. The maximum Gasteiger partial charge on any atom is 0.326 e. The molecule has 2 heterocycles. The third-order valence-corrected chi connectivity index (χ3v) is 4.69. The van der Waals surface area contributed by atoms with Crippen LogP contribution in [-0.4, -0.2) is 34.5 Å². The van der Waals surface area contributed by atoms with E-state index in [9.17, 15) is 9.59 Å². The summed E-state index contributed by atoms with van der Waals surface area (Å²) in [6.07, 6.45) is 5.93. The molecule has 1 N–H and O–H groups in total. The third kappa shape index (κ3) is 4.07. The van der Waals surface area contributed by atoms with Crippen LogP contribution in [0.3, 0.4) is 0 Å². The lowest BCUT2D eigenvalue weighted by Crippen LogP contribution is -2.40. The molecule has 0 unspecified atom stereocenters. The van der Waals surface area contributed by atoms with Crippen LogP contribution in [0.15, 0.2) is 17.5 Å². The summed E-state index contributed by atoms with van der Waals surface area (Å²) in [5.41, 5.74) is 0. The van der Waals surface area contributed by atoms with Crippen molar-refractivity contribution in [3.8, 4) is 0 Å². The zero-order chi connectivity index (χ0) is 14.4. The second-order valence-electron chi connectivity index (χ2n) is 5.22. The minimum absolute atomic E-state index is 0.00558. The highest BCUT2D eigenvalue weighted by molar-refractivity contribution is 7.09. The van der Waals surface area contributed by atoms with Gasteiger partial charge in [-0.15, -0.1) is 11.3 Å². The highest BCUT2D eigenvalue weighted by Gasteiger charge is 2.33. The Morgan fingerprint density at radius 1 is 1.35 bits per heavy atom. The number of carboxylic acid groups (broad SMARTS) is 1. The van der Waals surface area contributed by atoms with Crippen molar-refractivity contribution in [2.75, 3.05) is 6.54 Å². The van der Waals surface area contributed by atoms with Gasteiger partial charge in [-0.1, -0.05) is 12.5 Å². The number of thiophene rings is 1. The van der Waals surface area contributed by atoms with E-state index in [2.05, 4.69) is 17.5 Å². The molecule has 1 aromatic heterocycles. The second kappa shape index (κ2) is 7.43. The van der Waals surface area contributed by atoms with E-state index in [0.717, 1.165) is 32.1 Å². The highest BCUT2D eigenvalue weighted by atomic mass is 32.1. The van der Waals surface area contributed by atoms with E-state index in [0.29, 0.717) is 19.4 Å². The fourth-order valence-corrected chi connectivity index (χ4v) is 3.42. The van der Waals surface area contributed by atoms with E-state index in [1.807, 2.05) is 0 Å². The van der Waals surface area contributed by atoms with Crippen LogP contribution in [0.2, 0.25) is 0 Å². The summed E-state index contributed by atoms with van der Waals surface area (Å²) in [6, 6.07) is 3.61. The lowest BCUT2D eigenvalue weighted by Gasteiger charge is -2.21. The first-order valence-corrected chi connectivity index (χ1v) is 8.11. The number of hydrogen-bond donors (Lipinski definition) is 1. The van der Waals surface area contributed by atoms with Crippen LogP contribution in [-0.2, 0) is 16.0 Å². The molecule has 0 aliphatic carbocycles. The molecule has 2 rings (SSSR count). The van der Waals surface area contributed by atoms with Gasteiger partial charge in [0.25, 0.3) is 0 Å². The van der Waals surface area contributed by atoms with Crippen LogP contribution in [0.1, 0.15) is 43.4 Å². The molecule has 1 atom stereocenters. The van der Waals surface area contributed by atoms with E-state index >= 15 is 0 Å². The van der Waals surface area contributed by atoms with Crippen molar-refractivity contribution in [3.05, 3.63) is 22.4 Å². The van der Waals surface area contributed by atoms with Crippen molar-refractivity contribution >= 4 is 23.2 Å². The quantitative estimate of drug-likeness (QED) is 0.787. The number of aliphatic carboxylic acids is 1. The standard InChI is InChI=1S/C15H21NO3S/c17-14(16-10-4-8-13(16)15(18)19)9-3-1-2-6-12-7-5-11-20-12/h5,7,11,13H,1-4,6,8-10H2,(H,18,19)/t13-/m0/s1. The van der Waals surface area contributed by atoms with Crippen LogP contribution in [0.5, 0.6) is 0 Å². The molecule has 1 aliphatic rings. The summed E-state index contributed by atoms with van der Waals surface area (Å²) in [5.74, 6) is -0.862. The smallest absolute Gasteiger partial charge is 0.326 e. The number of hydrogen-bond acceptors (Lipinski definition) is 3. The van der Waals surface area contributed by atoms with Gasteiger partial charge in [-0.05, 0) is 43.6 Å². The van der Waals surface area contributed by atoms with Crippen molar-refractivity contribution in [2.45, 2.75) is 51.0 Å². The number of carboxylic acids is 1. The van der Waals surface area contributed by atoms with Gasteiger partial charge in [0.2, 0.25) is 5.91 Å². The lowest BCUT2D eigenvalue weighted by molar-refractivity contribution is -0.148. The van der Waals surface area contributed by atoms with Crippen molar-refractivity contribution in [2.24, 2.45) is 0 Å². The van der Waals surface area contributed by atoms with Gasteiger partial charge in [0.1, 0.15) is 6.04 Å². The van der Waals surface area contributed by atoms with Gasteiger partial charge in [-0.2, -0.15) is 0 Å². The van der Waals surface area contributed by atoms with Crippen molar-refractivity contribution < 1.29 is 14.7 Å². The maximum absolute atomic E-state index is 12.0. The molecule has 0 bridgehead atoms. The fourth-order valence-electron chi connectivity index (χ4n) is 2.67. The number of aryl methyl sites for hydroxylation is 1. The zero-order valence-electron chi connectivity index (χ0n) is 11.6. The monoisotopic (exact) mass is 295 g/mol. The Hall–Kier alpha value is -1.36. The average molecular weight is 295 g/mol. The molecule has 1 amide bonds. The first kappa shape index (κ1) is 15.0. The summed E-state index contributed by atoms with van der Waals surface area (Å²) in [6.45, 7) is 0.602. The summed E-state index contributed by atoms with van der Waals surface area (Å²) in [5, 5.41) is 11.1. The Morgan fingerprint density at radius 2 is 2.20 bits per heavy atom. The molecule has 110 valence electrons. The molecule has 1 aromatic rings. The highest BCUT2D eigenvalue weighted by Crippen LogP contribution is 2.19. The first-order chi connectivity index (χ1) is 9.68. The number of rotatable bonds is 7. The average Bonchev–Trinajstić information content (AvgIpc) is 3.09. The van der Waals surface area contributed by atoms with Crippen LogP contribution in [0.4, 0.5) is 0 Å². The van der Waals surface area contributed by atoms with Crippen LogP contribution in [0.25, 0.3) is 0 Å². The molecule has 1 saturated heterocycles. The van der Waals surface area contributed by atoms with Gasteiger partial charge in [0.15, 0.2) is 0 Å².